The van der Waals surface area contributed by atoms with E-state index in [9.17, 15) is 28.0 Å². The topological polar surface area (TPSA) is 103 Å². The molecule has 9 heteroatoms. The molecule has 0 spiro atoms. The summed E-state index contributed by atoms with van der Waals surface area (Å²) in [4.78, 5) is 62.6. The van der Waals surface area contributed by atoms with Gasteiger partial charge in [-0.15, -0.1) is 0 Å². The summed E-state index contributed by atoms with van der Waals surface area (Å²) in [6.07, 6.45) is 2.75. The molecule has 0 unspecified atom stereocenters. The highest BCUT2D eigenvalue weighted by atomic mass is 19.1. The third-order valence-corrected chi connectivity index (χ3v) is 9.19. The van der Waals surface area contributed by atoms with Crippen LogP contribution in [-0.2, 0) is 0 Å². The van der Waals surface area contributed by atoms with E-state index in [4.69, 9.17) is 4.74 Å². The SMILES string of the molecule is O=C(c1ccc(F)cc1)c1cnc(C(=O)c2ccc(Oc3ccc(C(=O)c4ncc(C(=O)c5ccc(F)cc5)c5ccccc45)cc3)cc2)c2ccccc12. The van der Waals surface area contributed by atoms with Crippen LogP contribution in [0.5, 0.6) is 11.5 Å². The molecule has 0 radical (unpaired) electrons. The summed E-state index contributed by atoms with van der Waals surface area (Å²) in [5, 5.41) is 2.12. The average molecular weight is 725 g/mol. The normalized spacial score (nSPS) is 11.0. The van der Waals surface area contributed by atoms with E-state index < -0.39 is 11.6 Å². The maximum absolute atomic E-state index is 13.7. The minimum absolute atomic E-state index is 0.177. The van der Waals surface area contributed by atoms with Gasteiger partial charge in [0, 0.05) is 56.5 Å². The molecule has 2 heterocycles. The zero-order chi connectivity index (χ0) is 38.1. The predicted molar refractivity (Wildman–Crippen MR) is 203 cm³/mol. The highest BCUT2D eigenvalue weighted by Crippen LogP contribution is 2.29. The number of hydrogen-bond acceptors (Lipinski definition) is 7. The fraction of sp³-hybridized carbons (Fsp3) is 0. The molecule has 0 bridgehead atoms. The molecule has 8 aromatic rings. The van der Waals surface area contributed by atoms with Gasteiger partial charge < -0.3 is 4.74 Å². The molecular weight excluding hydrogens is 699 g/mol. The number of nitrogens with zero attached hydrogens (tertiary/aromatic N) is 2. The molecule has 6 aromatic carbocycles. The first-order chi connectivity index (χ1) is 26.7. The smallest absolute Gasteiger partial charge is 0.211 e. The summed E-state index contributed by atoms with van der Waals surface area (Å²) < 4.78 is 32.9. The van der Waals surface area contributed by atoms with Crippen LogP contribution in [-0.4, -0.2) is 33.1 Å². The third kappa shape index (κ3) is 6.78. The quantitative estimate of drug-likeness (QED) is 0.129. The second-order valence-corrected chi connectivity index (χ2v) is 12.6. The number of fused-ring (bicyclic) bond motifs is 2. The molecule has 0 saturated heterocycles. The highest BCUT2D eigenvalue weighted by molar-refractivity contribution is 6.22. The van der Waals surface area contributed by atoms with Crippen molar-refractivity contribution in [3.05, 3.63) is 214 Å². The number of pyridine rings is 2. The summed E-state index contributed by atoms with van der Waals surface area (Å²) in [6, 6.07) is 37.6. The average Bonchev–Trinajstić information content (AvgIpc) is 3.23. The molecule has 0 atom stereocenters. The summed E-state index contributed by atoms with van der Waals surface area (Å²) in [5.41, 5.74) is 2.27. The van der Waals surface area contributed by atoms with E-state index in [1.54, 1.807) is 97.1 Å². The van der Waals surface area contributed by atoms with Crippen LogP contribution in [0.1, 0.15) is 63.9 Å². The van der Waals surface area contributed by atoms with Gasteiger partial charge in [0.25, 0.3) is 0 Å². The van der Waals surface area contributed by atoms with Crippen LogP contribution in [0.25, 0.3) is 21.5 Å². The molecule has 0 aliphatic rings. The van der Waals surface area contributed by atoms with E-state index >= 15 is 0 Å². The van der Waals surface area contributed by atoms with Crippen molar-refractivity contribution in [1.29, 1.82) is 0 Å². The lowest BCUT2D eigenvalue weighted by Gasteiger charge is -2.11. The van der Waals surface area contributed by atoms with Crippen LogP contribution in [0.3, 0.4) is 0 Å². The maximum atomic E-state index is 13.7. The predicted octanol–water partition coefficient (Wildman–Crippen LogP) is 9.78. The Balaban J connectivity index is 0.984. The van der Waals surface area contributed by atoms with Crippen molar-refractivity contribution in [3.8, 4) is 11.5 Å². The van der Waals surface area contributed by atoms with Crippen molar-refractivity contribution in [1.82, 2.24) is 9.97 Å². The Kier molecular flexibility index (Phi) is 9.10. The third-order valence-electron chi connectivity index (χ3n) is 9.19. The van der Waals surface area contributed by atoms with Crippen molar-refractivity contribution >= 4 is 44.7 Å². The number of halogens is 2. The minimum atomic E-state index is -0.450. The van der Waals surface area contributed by atoms with Crippen molar-refractivity contribution < 1.29 is 32.7 Å². The second kappa shape index (κ2) is 14.5. The first-order valence-corrected chi connectivity index (χ1v) is 17.1. The van der Waals surface area contributed by atoms with Crippen molar-refractivity contribution in [2.75, 3.05) is 0 Å². The Bertz CT molecular complexity index is 2610. The Morgan fingerprint density at radius 1 is 0.382 bits per heavy atom. The molecule has 0 N–H and O–H groups in total. The van der Waals surface area contributed by atoms with Crippen molar-refractivity contribution in [2.24, 2.45) is 0 Å². The lowest BCUT2D eigenvalue weighted by molar-refractivity contribution is 0.102. The van der Waals surface area contributed by atoms with Gasteiger partial charge in [-0.25, -0.2) is 8.78 Å². The lowest BCUT2D eigenvalue weighted by Crippen LogP contribution is -2.09. The second-order valence-electron chi connectivity index (χ2n) is 12.6. The first-order valence-electron chi connectivity index (χ1n) is 17.1. The number of hydrogen-bond donors (Lipinski definition) is 0. The van der Waals surface area contributed by atoms with E-state index in [-0.39, 0.29) is 34.5 Å². The van der Waals surface area contributed by atoms with E-state index in [1.165, 1.54) is 60.9 Å². The van der Waals surface area contributed by atoms with Crippen molar-refractivity contribution in [3.63, 3.8) is 0 Å². The van der Waals surface area contributed by atoms with Gasteiger partial charge in [0.2, 0.25) is 11.6 Å². The van der Waals surface area contributed by atoms with Crippen molar-refractivity contribution in [2.45, 2.75) is 0 Å². The van der Waals surface area contributed by atoms with Gasteiger partial charge >= 0.3 is 0 Å². The van der Waals surface area contributed by atoms with Crippen LogP contribution in [0, 0.1) is 11.6 Å². The molecule has 7 nitrogen and oxygen atoms in total. The number of ketones is 4. The Morgan fingerprint density at radius 3 is 1.05 bits per heavy atom. The van der Waals surface area contributed by atoms with Gasteiger partial charge in [0.05, 0.1) is 0 Å². The van der Waals surface area contributed by atoms with Gasteiger partial charge in [-0.1, -0.05) is 48.5 Å². The fourth-order valence-corrected chi connectivity index (χ4v) is 6.38. The van der Waals surface area contributed by atoms with E-state index in [0.29, 0.717) is 66.4 Å². The Morgan fingerprint density at radius 2 is 0.691 bits per heavy atom. The summed E-state index contributed by atoms with van der Waals surface area (Å²) in [7, 11) is 0. The van der Waals surface area contributed by atoms with Crippen LogP contribution >= 0.6 is 0 Å². The van der Waals surface area contributed by atoms with Crippen LogP contribution in [0.2, 0.25) is 0 Å². The minimum Gasteiger partial charge on any atom is -0.457 e. The largest absolute Gasteiger partial charge is 0.457 e. The number of carbonyl (C=O) groups is 4. The molecular formula is C46H26F2N2O5. The number of carbonyl (C=O) groups excluding carboxylic acids is 4. The zero-order valence-corrected chi connectivity index (χ0v) is 28.7. The van der Waals surface area contributed by atoms with E-state index in [2.05, 4.69) is 9.97 Å². The van der Waals surface area contributed by atoms with E-state index in [0.717, 1.165) is 0 Å². The molecule has 8 rings (SSSR count). The number of rotatable bonds is 10. The van der Waals surface area contributed by atoms with Crippen LogP contribution in [0.4, 0.5) is 8.78 Å². The van der Waals surface area contributed by atoms with Crippen LogP contribution in [0.15, 0.2) is 158 Å². The molecule has 55 heavy (non-hydrogen) atoms. The zero-order valence-electron chi connectivity index (χ0n) is 28.7. The molecule has 264 valence electrons. The van der Waals surface area contributed by atoms with Gasteiger partial charge in [0.15, 0.2) is 11.6 Å². The molecule has 0 saturated carbocycles. The molecule has 2 aromatic heterocycles. The van der Waals surface area contributed by atoms with Crippen LogP contribution < -0.4 is 4.74 Å². The summed E-state index contributed by atoms with van der Waals surface area (Å²) in [5.74, 6) is -1.37. The molecule has 0 amide bonds. The van der Waals surface area contributed by atoms with Gasteiger partial charge in [-0.05, 0) is 108 Å². The highest BCUT2D eigenvalue weighted by Gasteiger charge is 2.22. The summed E-state index contributed by atoms with van der Waals surface area (Å²) >= 11 is 0. The number of aromatic nitrogens is 2. The first kappa shape index (κ1) is 34.6. The van der Waals surface area contributed by atoms with E-state index in [1.807, 2.05) is 0 Å². The Hall–Kier alpha value is -7.52. The van der Waals surface area contributed by atoms with Gasteiger partial charge in [-0.2, -0.15) is 0 Å². The fourth-order valence-electron chi connectivity index (χ4n) is 6.38. The summed E-state index contributed by atoms with van der Waals surface area (Å²) in [6.45, 7) is 0. The lowest BCUT2D eigenvalue weighted by atomic mass is 9.96. The number of benzene rings is 6. The maximum Gasteiger partial charge on any atom is 0.211 e. The molecule has 0 aliphatic heterocycles. The van der Waals surface area contributed by atoms with Gasteiger partial charge in [0.1, 0.15) is 34.5 Å². The molecule has 0 fully saturated rings. The Labute approximate surface area is 312 Å². The standard InChI is InChI=1S/C46H26F2N2O5/c47-31-17-9-27(10-18-31)43(51)39-25-49-41(37-7-3-1-5-35(37)39)45(53)29-13-21-33(22-14-29)55-34-23-15-30(16-24-34)46(54)42-38-8-4-2-6-36(38)40(26-50-42)44(52)28-11-19-32(48)20-12-28/h1-26H. The number of ether oxygens (including phenoxy) is 1. The monoisotopic (exact) mass is 724 g/mol. The van der Waals surface area contributed by atoms with Gasteiger partial charge in [-0.3, -0.25) is 29.1 Å². The molecule has 0 aliphatic carbocycles.